The van der Waals surface area contributed by atoms with E-state index in [0.717, 1.165) is 37.9 Å². The quantitative estimate of drug-likeness (QED) is 0.918. The zero-order chi connectivity index (χ0) is 16.7. The van der Waals surface area contributed by atoms with Crippen molar-refractivity contribution in [1.29, 1.82) is 0 Å². The summed E-state index contributed by atoms with van der Waals surface area (Å²) in [6.07, 6.45) is 9.24. The lowest BCUT2D eigenvalue weighted by Crippen LogP contribution is -2.42. The van der Waals surface area contributed by atoms with Gasteiger partial charge in [0.25, 0.3) is 0 Å². The predicted molar refractivity (Wildman–Crippen MR) is 87.8 cm³/mol. The third-order valence-electron chi connectivity index (χ3n) is 6.23. The molecule has 3 aliphatic rings. The molecule has 1 aromatic heterocycles. The normalized spacial score (nSPS) is 38.0. The van der Waals surface area contributed by atoms with Gasteiger partial charge in [-0.1, -0.05) is 0 Å². The number of carboxylic acid groups (broad SMARTS) is 1. The Morgan fingerprint density at radius 1 is 1.38 bits per heavy atom. The number of carbonyl (C=O) groups is 1. The molecule has 1 aliphatic heterocycles. The van der Waals surface area contributed by atoms with Crippen molar-refractivity contribution in [2.75, 3.05) is 6.61 Å². The second-order valence-corrected chi connectivity index (χ2v) is 7.63. The molecule has 6 nitrogen and oxygen atoms in total. The van der Waals surface area contributed by atoms with Crippen molar-refractivity contribution in [3.05, 3.63) is 24.3 Å². The number of fused-ring (bicyclic) bond motifs is 1. The first kappa shape index (κ1) is 15.8. The summed E-state index contributed by atoms with van der Waals surface area (Å²) in [5, 5.41) is 9.36. The summed E-state index contributed by atoms with van der Waals surface area (Å²) < 4.78 is 6.13. The van der Waals surface area contributed by atoms with E-state index in [2.05, 4.69) is 9.97 Å². The number of hydrogen-bond acceptors (Lipinski definition) is 4. The van der Waals surface area contributed by atoms with Gasteiger partial charge in [0.1, 0.15) is 5.82 Å². The molecular weight excluding hydrogens is 306 g/mol. The van der Waals surface area contributed by atoms with Gasteiger partial charge >= 0.3 is 6.09 Å². The average molecular weight is 331 g/mol. The molecule has 1 saturated heterocycles. The highest BCUT2D eigenvalue weighted by Gasteiger charge is 2.59. The number of hydrogen-bond donors (Lipinski definition) is 1. The zero-order valence-corrected chi connectivity index (χ0v) is 14.1. The second-order valence-electron chi connectivity index (χ2n) is 7.63. The molecule has 0 spiro atoms. The summed E-state index contributed by atoms with van der Waals surface area (Å²) in [6, 6.07) is 1.98. The number of likely N-dealkylation sites (tertiary alicyclic amines) is 1. The summed E-state index contributed by atoms with van der Waals surface area (Å²) >= 11 is 0. The third kappa shape index (κ3) is 2.66. The molecule has 1 N–H and O–H groups in total. The van der Waals surface area contributed by atoms with E-state index in [1.807, 2.05) is 25.4 Å². The van der Waals surface area contributed by atoms with E-state index < -0.39 is 6.09 Å². The molecule has 3 fully saturated rings. The van der Waals surface area contributed by atoms with E-state index >= 15 is 0 Å². The zero-order valence-electron chi connectivity index (χ0n) is 14.1. The molecule has 5 unspecified atom stereocenters. The molecule has 2 heterocycles. The average Bonchev–Trinajstić information content (AvgIpc) is 3.21. The van der Waals surface area contributed by atoms with Gasteiger partial charge in [-0.15, -0.1) is 0 Å². The summed E-state index contributed by atoms with van der Waals surface area (Å²) in [5.41, 5.74) is 0.191. The maximum Gasteiger partial charge on any atom is 0.407 e. The molecule has 0 aromatic carbocycles. The minimum Gasteiger partial charge on any atom is -0.465 e. The minimum atomic E-state index is -0.820. The Balaban J connectivity index is 1.31. The number of aromatic nitrogens is 2. The lowest BCUT2D eigenvalue weighted by atomic mass is 9.86. The van der Waals surface area contributed by atoms with Gasteiger partial charge in [0.15, 0.2) is 0 Å². The highest BCUT2D eigenvalue weighted by atomic mass is 16.5. The largest absolute Gasteiger partial charge is 0.465 e. The van der Waals surface area contributed by atoms with E-state index in [0.29, 0.717) is 12.5 Å². The van der Waals surface area contributed by atoms with Gasteiger partial charge in [-0.2, -0.15) is 0 Å². The van der Waals surface area contributed by atoms with Gasteiger partial charge in [-0.25, -0.2) is 14.8 Å². The molecular formula is C18H25N3O3. The molecule has 130 valence electrons. The summed E-state index contributed by atoms with van der Waals surface area (Å²) in [6.45, 7) is 2.51. The van der Waals surface area contributed by atoms with Gasteiger partial charge in [-0.05, 0) is 57.4 Å². The van der Waals surface area contributed by atoms with E-state index in [-0.39, 0.29) is 23.6 Å². The fraction of sp³-hybridized carbons (Fsp3) is 0.722. The van der Waals surface area contributed by atoms with E-state index in [4.69, 9.17) is 4.74 Å². The van der Waals surface area contributed by atoms with Crippen LogP contribution in [0.2, 0.25) is 0 Å². The van der Waals surface area contributed by atoms with Crippen molar-refractivity contribution in [3.8, 4) is 0 Å². The smallest absolute Gasteiger partial charge is 0.407 e. The van der Waals surface area contributed by atoms with Crippen LogP contribution >= 0.6 is 0 Å². The van der Waals surface area contributed by atoms with Crippen LogP contribution in [0.3, 0.4) is 0 Å². The van der Waals surface area contributed by atoms with Crippen molar-refractivity contribution >= 4 is 6.09 Å². The lowest BCUT2D eigenvalue weighted by Gasteiger charge is -2.30. The Labute approximate surface area is 142 Å². The topological polar surface area (TPSA) is 75.6 Å². The highest BCUT2D eigenvalue weighted by Crippen LogP contribution is 2.61. The van der Waals surface area contributed by atoms with Crippen molar-refractivity contribution in [3.63, 3.8) is 0 Å². The monoisotopic (exact) mass is 331 g/mol. The molecule has 0 radical (unpaired) electrons. The predicted octanol–water partition coefficient (Wildman–Crippen LogP) is 2.83. The molecule has 24 heavy (non-hydrogen) atoms. The Bertz CT molecular complexity index is 611. The molecule has 2 aliphatic carbocycles. The first-order chi connectivity index (χ1) is 11.6. The fourth-order valence-electron chi connectivity index (χ4n) is 4.77. The molecule has 1 aromatic rings. The van der Waals surface area contributed by atoms with Crippen LogP contribution in [0.15, 0.2) is 18.5 Å². The van der Waals surface area contributed by atoms with E-state index in [1.54, 1.807) is 4.90 Å². The molecule has 1 amide bonds. The Morgan fingerprint density at radius 2 is 2.17 bits per heavy atom. The standard InChI is InChI=1S/C18H25N3O3/c1-12-3-4-14(21(12)17(22)23)11-24-15-5-6-18(10-13(18)9-15)16-19-7-2-8-20-16/h2,7-8,12-15H,3-6,9-11H2,1H3,(H,22,23). The summed E-state index contributed by atoms with van der Waals surface area (Å²) in [5.74, 6) is 1.62. The van der Waals surface area contributed by atoms with Crippen molar-refractivity contribution < 1.29 is 14.6 Å². The molecule has 4 rings (SSSR count). The lowest BCUT2D eigenvalue weighted by molar-refractivity contribution is -0.00595. The van der Waals surface area contributed by atoms with Crippen molar-refractivity contribution in [2.24, 2.45) is 5.92 Å². The Hall–Kier alpha value is -1.69. The van der Waals surface area contributed by atoms with Crippen LogP contribution in [0.1, 0.15) is 51.3 Å². The Kier molecular flexibility index (Phi) is 3.95. The van der Waals surface area contributed by atoms with Crippen LogP contribution in [0.4, 0.5) is 4.79 Å². The van der Waals surface area contributed by atoms with Gasteiger partial charge in [0.2, 0.25) is 0 Å². The van der Waals surface area contributed by atoms with Crippen LogP contribution in [-0.4, -0.2) is 50.9 Å². The number of amides is 1. The molecule has 2 saturated carbocycles. The first-order valence-electron chi connectivity index (χ1n) is 9.00. The SMILES string of the molecule is CC1CCC(COC2CCC3(c4ncccn4)CC3C2)N1C(=O)O. The van der Waals surface area contributed by atoms with Gasteiger partial charge in [0, 0.05) is 23.9 Å². The van der Waals surface area contributed by atoms with Crippen LogP contribution < -0.4 is 0 Å². The maximum absolute atomic E-state index is 11.4. The van der Waals surface area contributed by atoms with Gasteiger partial charge in [0.05, 0.1) is 18.8 Å². The van der Waals surface area contributed by atoms with E-state index in [9.17, 15) is 9.90 Å². The minimum absolute atomic E-state index is 0.0147. The van der Waals surface area contributed by atoms with E-state index in [1.165, 1.54) is 6.42 Å². The van der Waals surface area contributed by atoms with Crippen LogP contribution in [-0.2, 0) is 10.2 Å². The third-order valence-corrected chi connectivity index (χ3v) is 6.23. The van der Waals surface area contributed by atoms with Gasteiger partial charge < -0.3 is 14.7 Å². The molecule has 5 atom stereocenters. The summed E-state index contributed by atoms with van der Waals surface area (Å²) in [7, 11) is 0. The second kappa shape index (κ2) is 5.99. The molecule has 0 bridgehead atoms. The fourth-order valence-corrected chi connectivity index (χ4v) is 4.77. The molecule has 6 heteroatoms. The van der Waals surface area contributed by atoms with Crippen molar-refractivity contribution in [1.82, 2.24) is 14.9 Å². The van der Waals surface area contributed by atoms with Crippen LogP contribution in [0.5, 0.6) is 0 Å². The van der Waals surface area contributed by atoms with Crippen LogP contribution in [0, 0.1) is 5.92 Å². The number of rotatable bonds is 4. The van der Waals surface area contributed by atoms with Gasteiger partial charge in [-0.3, -0.25) is 0 Å². The van der Waals surface area contributed by atoms with Crippen LogP contribution in [0.25, 0.3) is 0 Å². The maximum atomic E-state index is 11.4. The Morgan fingerprint density at radius 3 is 2.88 bits per heavy atom. The number of ether oxygens (including phenoxy) is 1. The highest BCUT2D eigenvalue weighted by molar-refractivity contribution is 5.66. The number of nitrogens with zero attached hydrogens (tertiary/aromatic N) is 3. The van der Waals surface area contributed by atoms with Crippen molar-refractivity contribution in [2.45, 2.75) is 69.1 Å². The first-order valence-corrected chi connectivity index (χ1v) is 9.00. The summed E-state index contributed by atoms with van der Waals surface area (Å²) in [4.78, 5) is 21.9.